The van der Waals surface area contributed by atoms with E-state index in [2.05, 4.69) is 15.1 Å². The number of anilines is 1. The monoisotopic (exact) mass is 459 g/mol. The number of carbonyl (C=O) groups excluding carboxylic acids is 1. The van der Waals surface area contributed by atoms with Crippen LogP contribution in [0, 0.1) is 0 Å². The van der Waals surface area contributed by atoms with E-state index in [1.807, 2.05) is 66.7 Å². The van der Waals surface area contributed by atoms with Gasteiger partial charge in [-0.2, -0.15) is 0 Å². The first-order chi connectivity index (χ1) is 16.7. The summed E-state index contributed by atoms with van der Waals surface area (Å²) in [6.45, 7) is 5.41. The van der Waals surface area contributed by atoms with E-state index in [-0.39, 0.29) is 5.91 Å². The number of hydrogen-bond acceptors (Lipinski definition) is 6. The summed E-state index contributed by atoms with van der Waals surface area (Å²) in [4.78, 5) is 17.3. The maximum Gasteiger partial charge on any atom is 0.238 e. The molecule has 0 spiro atoms. The number of furan rings is 1. The number of amides is 1. The van der Waals surface area contributed by atoms with Crippen LogP contribution in [0.3, 0.4) is 0 Å². The molecule has 1 aromatic heterocycles. The molecule has 0 aliphatic carbocycles. The Balaban J connectivity index is 1.14. The molecule has 3 aromatic carbocycles. The van der Waals surface area contributed by atoms with Crippen molar-refractivity contribution < 1.29 is 18.7 Å². The van der Waals surface area contributed by atoms with Gasteiger partial charge in [0.2, 0.25) is 5.91 Å². The van der Waals surface area contributed by atoms with E-state index in [0.29, 0.717) is 24.6 Å². The highest BCUT2D eigenvalue weighted by atomic mass is 16.5. The standard InChI is InChI=1S/C27H29N3O4/c1-32-26-17-22-21-9-5-6-10-24(21)34-25(22)18-23(26)28-27(31)19-30-13-11-29(12-14-30)15-16-33-20-7-3-2-4-8-20/h2-10,17-18H,11-16,19H2,1H3,(H,28,31). The lowest BCUT2D eigenvalue weighted by atomic mass is 10.1. The van der Waals surface area contributed by atoms with Gasteiger partial charge in [0, 0.05) is 49.6 Å². The Morgan fingerprint density at radius 3 is 2.44 bits per heavy atom. The molecule has 1 fully saturated rings. The van der Waals surface area contributed by atoms with Gasteiger partial charge in [0.1, 0.15) is 29.3 Å². The Labute approximate surface area is 198 Å². The van der Waals surface area contributed by atoms with Gasteiger partial charge in [0.15, 0.2) is 0 Å². The van der Waals surface area contributed by atoms with Crippen molar-refractivity contribution in [3.63, 3.8) is 0 Å². The third kappa shape index (κ3) is 5.00. The number of hydrogen-bond donors (Lipinski definition) is 1. The quantitative estimate of drug-likeness (QED) is 0.425. The van der Waals surface area contributed by atoms with E-state index in [1.54, 1.807) is 7.11 Å². The van der Waals surface area contributed by atoms with Crippen molar-refractivity contribution in [1.29, 1.82) is 0 Å². The molecule has 0 bridgehead atoms. The summed E-state index contributed by atoms with van der Waals surface area (Å²) in [5.41, 5.74) is 2.16. The Morgan fingerprint density at radius 2 is 1.65 bits per heavy atom. The topological polar surface area (TPSA) is 67.2 Å². The number of para-hydroxylation sites is 2. The number of rotatable bonds is 8. The molecule has 176 valence electrons. The van der Waals surface area contributed by atoms with Crippen molar-refractivity contribution in [1.82, 2.24) is 9.80 Å². The first kappa shape index (κ1) is 22.3. The molecule has 4 aromatic rings. The maximum atomic E-state index is 12.8. The normalized spacial score (nSPS) is 15.0. The summed E-state index contributed by atoms with van der Waals surface area (Å²) in [5.74, 6) is 1.46. The summed E-state index contributed by atoms with van der Waals surface area (Å²) in [6.07, 6.45) is 0. The van der Waals surface area contributed by atoms with Gasteiger partial charge in [0.25, 0.3) is 0 Å². The van der Waals surface area contributed by atoms with Gasteiger partial charge >= 0.3 is 0 Å². The van der Waals surface area contributed by atoms with Crippen LogP contribution in [0.2, 0.25) is 0 Å². The van der Waals surface area contributed by atoms with Gasteiger partial charge in [-0.15, -0.1) is 0 Å². The second-order valence-electron chi connectivity index (χ2n) is 8.47. The van der Waals surface area contributed by atoms with Crippen LogP contribution in [0.1, 0.15) is 0 Å². The van der Waals surface area contributed by atoms with Gasteiger partial charge in [-0.25, -0.2) is 0 Å². The molecular formula is C27H29N3O4. The van der Waals surface area contributed by atoms with Crippen molar-refractivity contribution in [2.24, 2.45) is 0 Å². The van der Waals surface area contributed by atoms with Crippen LogP contribution in [0.4, 0.5) is 5.69 Å². The zero-order valence-corrected chi connectivity index (χ0v) is 19.3. The summed E-state index contributed by atoms with van der Waals surface area (Å²) in [5, 5.41) is 5.01. The van der Waals surface area contributed by atoms with Gasteiger partial charge < -0.3 is 19.2 Å². The minimum atomic E-state index is -0.0605. The SMILES string of the molecule is COc1cc2c(cc1NC(=O)CN1CCN(CCOc3ccccc3)CC1)oc1ccccc12. The second-order valence-corrected chi connectivity index (χ2v) is 8.47. The van der Waals surface area contributed by atoms with Crippen molar-refractivity contribution in [2.45, 2.75) is 0 Å². The molecule has 1 amide bonds. The molecule has 1 aliphatic heterocycles. The van der Waals surface area contributed by atoms with Crippen LogP contribution in [-0.2, 0) is 4.79 Å². The fourth-order valence-corrected chi connectivity index (χ4v) is 4.39. The number of benzene rings is 3. The van der Waals surface area contributed by atoms with Gasteiger partial charge in [0.05, 0.1) is 19.3 Å². The van der Waals surface area contributed by atoms with E-state index in [1.165, 1.54) is 0 Å². The fraction of sp³-hybridized carbons (Fsp3) is 0.296. The Morgan fingerprint density at radius 1 is 0.912 bits per heavy atom. The Hall–Kier alpha value is -3.55. The van der Waals surface area contributed by atoms with Crippen LogP contribution in [-0.4, -0.2) is 68.7 Å². The molecule has 34 heavy (non-hydrogen) atoms. The van der Waals surface area contributed by atoms with E-state index in [0.717, 1.165) is 60.4 Å². The maximum absolute atomic E-state index is 12.8. The molecular weight excluding hydrogens is 430 g/mol. The first-order valence-electron chi connectivity index (χ1n) is 11.6. The highest BCUT2D eigenvalue weighted by Crippen LogP contribution is 2.36. The highest BCUT2D eigenvalue weighted by Gasteiger charge is 2.20. The summed E-state index contributed by atoms with van der Waals surface area (Å²) in [6, 6.07) is 21.5. The number of nitrogens with zero attached hydrogens (tertiary/aromatic N) is 2. The predicted octanol–water partition coefficient (Wildman–Crippen LogP) is 4.23. The van der Waals surface area contributed by atoms with Crippen LogP contribution < -0.4 is 14.8 Å². The fourth-order valence-electron chi connectivity index (χ4n) is 4.39. The molecule has 0 saturated carbocycles. The highest BCUT2D eigenvalue weighted by molar-refractivity contribution is 6.07. The largest absolute Gasteiger partial charge is 0.495 e. The smallest absolute Gasteiger partial charge is 0.238 e. The third-order valence-corrected chi connectivity index (χ3v) is 6.22. The number of fused-ring (bicyclic) bond motifs is 3. The summed E-state index contributed by atoms with van der Waals surface area (Å²) < 4.78 is 17.3. The lowest BCUT2D eigenvalue weighted by Crippen LogP contribution is -2.49. The zero-order chi connectivity index (χ0) is 23.3. The van der Waals surface area contributed by atoms with E-state index in [9.17, 15) is 4.79 Å². The van der Waals surface area contributed by atoms with Crippen LogP contribution >= 0.6 is 0 Å². The summed E-state index contributed by atoms with van der Waals surface area (Å²) in [7, 11) is 1.61. The second kappa shape index (κ2) is 10.2. The lowest BCUT2D eigenvalue weighted by Gasteiger charge is -2.34. The van der Waals surface area contributed by atoms with Crippen molar-refractivity contribution in [3.05, 3.63) is 66.7 Å². The minimum absolute atomic E-state index is 0.0605. The van der Waals surface area contributed by atoms with Crippen LogP contribution in [0.5, 0.6) is 11.5 Å². The van der Waals surface area contributed by atoms with E-state index in [4.69, 9.17) is 13.9 Å². The van der Waals surface area contributed by atoms with E-state index < -0.39 is 0 Å². The van der Waals surface area contributed by atoms with Gasteiger partial charge in [-0.05, 0) is 24.3 Å². The average Bonchev–Trinajstić information content (AvgIpc) is 3.22. The zero-order valence-electron chi connectivity index (χ0n) is 19.3. The molecule has 7 heteroatoms. The number of nitrogens with one attached hydrogen (secondary N) is 1. The Kier molecular flexibility index (Phi) is 6.65. The molecule has 0 unspecified atom stereocenters. The van der Waals surface area contributed by atoms with Crippen molar-refractivity contribution in [3.8, 4) is 11.5 Å². The number of methoxy groups -OCH3 is 1. The molecule has 7 nitrogen and oxygen atoms in total. The van der Waals surface area contributed by atoms with Crippen LogP contribution in [0.15, 0.2) is 71.1 Å². The average molecular weight is 460 g/mol. The Bertz CT molecular complexity index is 1260. The molecule has 2 heterocycles. The number of piperazine rings is 1. The van der Waals surface area contributed by atoms with Crippen LogP contribution in [0.25, 0.3) is 21.9 Å². The predicted molar refractivity (Wildman–Crippen MR) is 134 cm³/mol. The summed E-state index contributed by atoms with van der Waals surface area (Å²) >= 11 is 0. The molecule has 0 atom stereocenters. The van der Waals surface area contributed by atoms with Gasteiger partial charge in [-0.1, -0.05) is 36.4 Å². The molecule has 0 radical (unpaired) electrons. The molecule has 5 rings (SSSR count). The lowest BCUT2D eigenvalue weighted by molar-refractivity contribution is -0.117. The van der Waals surface area contributed by atoms with E-state index >= 15 is 0 Å². The molecule has 1 saturated heterocycles. The van der Waals surface area contributed by atoms with Gasteiger partial charge in [-0.3, -0.25) is 14.6 Å². The minimum Gasteiger partial charge on any atom is -0.495 e. The van der Waals surface area contributed by atoms with Crippen molar-refractivity contribution >= 4 is 33.5 Å². The number of carbonyl (C=O) groups is 1. The molecule has 1 aliphatic rings. The first-order valence-corrected chi connectivity index (χ1v) is 11.6. The molecule has 1 N–H and O–H groups in total. The third-order valence-electron chi connectivity index (χ3n) is 6.22. The van der Waals surface area contributed by atoms with Crippen molar-refractivity contribution in [2.75, 3.05) is 58.3 Å². The number of ether oxygens (including phenoxy) is 2.